The summed E-state index contributed by atoms with van der Waals surface area (Å²) < 4.78 is 0. The first-order valence-corrected chi connectivity index (χ1v) is 5.99. The first-order chi connectivity index (χ1) is 8.23. The van der Waals surface area contributed by atoms with E-state index >= 15 is 0 Å². The molecule has 0 bridgehead atoms. The average molecular weight is 226 g/mol. The van der Waals surface area contributed by atoms with Gasteiger partial charge in [-0.05, 0) is 49.3 Å². The lowest BCUT2D eigenvalue weighted by atomic mass is 9.72. The van der Waals surface area contributed by atoms with Crippen molar-refractivity contribution in [1.29, 1.82) is 10.5 Å². The quantitative estimate of drug-likeness (QED) is 0.680. The number of allylic oxidation sites excluding steroid dienone is 4. The largest absolute Gasteiger partial charge is 0.295 e. The molecule has 0 aromatic rings. The highest BCUT2D eigenvalue weighted by molar-refractivity contribution is 5.93. The molecular weight excluding hydrogens is 212 g/mol. The number of hydrogen-bond acceptors (Lipinski definition) is 3. The molecule has 0 saturated heterocycles. The average Bonchev–Trinajstić information content (AvgIpc) is 2.80. The summed E-state index contributed by atoms with van der Waals surface area (Å²) in [6.07, 6.45) is 8.38. The molecule has 2 rings (SSSR count). The summed E-state index contributed by atoms with van der Waals surface area (Å²) in [7, 11) is 0. The van der Waals surface area contributed by atoms with Crippen molar-refractivity contribution in [2.24, 2.45) is 5.41 Å². The van der Waals surface area contributed by atoms with Gasteiger partial charge in [0.1, 0.15) is 0 Å². The Hall–Kier alpha value is -1.87. The number of carbonyl (C=O) groups excluding carboxylic acids is 1. The molecule has 0 heterocycles. The summed E-state index contributed by atoms with van der Waals surface area (Å²) in [4.78, 5) is 11.3. The van der Waals surface area contributed by atoms with Crippen molar-refractivity contribution in [3.63, 3.8) is 0 Å². The topological polar surface area (TPSA) is 64.7 Å². The number of hydrogen-bond donors (Lipinski definition) is 0. The summed E-state index contributed by atoms with van der Waals surface area (Å²) in [5.74, 6) is 0.0336. The molecule has 0 aromatic heterocycles. The Morgan fingerprint density at radius 1 is 1.06 bits per heavy atom. The molecular formula is C14H14N2O. The van der Waals surface area contributed by atoms with E-state index in [-0.39, 0.29) is 5.78 Å². The fraction of sp³-hybridized carbons (Fsp3) is 0.500. The van der Waals surface area contributed by atoms with Gasteiger partial charge in [0.2, 0.25) is 0 Å². The molecule has 0 fully saturated rings. The second kappa shape index (κ2) is 4.55. The van der Waals surface area contributed by atoms with Crippen molar-refractivity contribution >= 4 is 5.78 Å². The van der Waals surface area contributed by atoms with Crippen molar-refractivity contribution in [2.75, 3.05) is 0 Å². The third-order valence-electron chi connectivity index (χ3n) is 3.57. The lowest BCUT2D eigenvalue weighted by Crippen LogP contribution is -2.23. The molecule has 0 aliphatic heterocycles. The second-order valence-electron chi connectivity index (χ2n) is 4.58. The predicted octanol–water partition coefficient (Wildman–Crippen LogP) is 2.81. The van der Waals surface area contributed by atoms with Gasteiger partial charge in [0.05, 0.1) is 12.1 Å². The van der Waals surface area contributed by atoms with Crippen LogP contribution in [0.15, 0.2) is 23.3 Å². The van der Waals surface area contributed by atoms with E-state index in [4.69, 9.17) is 0 Å². The van der Waals surface area contributed by atoms with E-state index in [1.165, 1.54) is 6.08 Å². The summed E-state index contributed by atoms with van der Waals surface area (Å²) in [6, 6.07) is 4.30. The van der Waals surface area contributed by atoms with Crippen LogP contribution in [0, 0.1) is 28.1 Å². The maximum absolute atomic E-state index is 11.3. The highest BCUT2D eigenvalue weighted by atomic mass is 16.1. The summed E-state index contributed by atoms with van der Waals surface area (Å²) >= 11 is 0. The molecule has 2 aliphatic carbocycles. The first-order valence-electron chi connectivity index (χ1n) is 5.99. The Balaban J connectivity index is 2.44. The minimum atomic E-state index is -1.17. The molecule has 0 unspecified atom stereocenters. The number of ketones is 1. The normalized spacial score (nSPS) is 20.2. The third-order valence-corrected chi connectivity index (χ3v) is 3.57. The van der Waals surface area contributed by atoms with Gasteiger partial charge in [-0.25, -0.2) is 0 Å². The van der Waals surface area contributed by atoms with Gasteiger partial charge in [0, 0.05) is 6.42 Å². The maximum atomic E-state index is 11.3. The molecule has 0 N–H and O–H groups in total. The summed E-state index contributed by atoms with van der Waals surface area (Å²) in [5.41, 5.74) is 0.419. The van der Waals surface area contributed by atoms with Crippen LogP contribution < -0.4 is 0 Å². The zero-order valence-electron chi connectivity index (χ0n) is 9.70. The van der Waals surface area contributed by atoms with Gasteiger partial charge in [0.25, 0.3) is 0 Å². The van der Waals surface area contributed by atoms with Crippen LogP contribution in [-0.4, -0.2) is 5.78 Å². The predicted molar refractivity (Wildman–Crippen MR) is 62.5 cm³/mol. The number of rotatable bonds is 2. The third kappa shape index (κ3) is 1.89. The Labute approximate surface area is 101 Å². The van der Waals surface area contributed by atoms with Crippen LogP contribution in [-0.2, 0) is 4.79 Å². The Morgan fingerprint density at radius 2 is 1.82 bits per heavy atom. The van der Waals surface area contributed by atoms with Crippen LogP contribution in [0.5, 0.6) is 0 Å². The lowest BCUT2D eigenvalue weighted by Gasteiger charge is -2.26. The molecule has 2 aliphatic rings. The zero-order chi connectivity index (χ0) is 12.3. The van der Waals surface area contributed by atoms with E-state index in [9.17, 15) is 15.3 Å². The minimum Gasteiger partial charge on any atom is -0.295 e. The van der Waals surface area contributed by atoms with Gasteiger partial charge < -0.3 is 0 Å². The van der Waals surface area contributed by atoms with Gasteiger partial charge in [-0.2, -0.15) is 10.5 Å². The molecule has 3 heteroatoms. The van der Waals surface area contributed by atoms with Gasteiger partial charge in [-0.3, -0.25) is 4.79 Å². The molecule has 0 radical (unpaired) electrons. The molecule has 17 heavy (non-hydrogen) atoms. The highest BCUT2D eigenvalue weighted by Gasteiger charge is 2.40. The zero-order valence-corrected chi connectivity index (χ0v) is 9.70. The molecule has 0 saturated carbocycles. The van der Waals surface area contributed by atoms with Crippen LogP contribution in [0.3, 0.4) is 0 Å². The van der Waals surface area contributed by atoms with Gasteiger partial charge in [0.15, 0.2) is 11.2 Å². The first kappa shape index (κ1) is 11.6. The van der Waals surface area contributed by atoms with E-state index in [0.29, 0.717) is 18.4 Å². The SMILES string of the molecule is N#CC(C#N)(C1=CCCCC1)C1=CC(=O)CC1. The molecule has 0 atom stereocenters. The van der Waals surface area contributed by atoms with Gasteiger partial charge in [-0.15, -0.1) is 0 Å². The lowest BCUT2D eigenvalue weighted by molar-refractivity contribution is -0.114. The Bertz CT molecular complexity index is 471. The molecule has 0 aromatic carbocycles. The Kier molecular flexibility index (Phi) is 3.11. The number of carbonyl (C=O) groups is 1. The second-order valence-corrected chi connectivity index (χ2v) is 4.58. The van der Waals surface area contributed by atoms with Crippen LogP contribution in [0.25, 0.3) is 0 Å². The number of nitriles is 2. The highest BCUT2D eigenvalue weighted by Crippen LogP contribution is 2.43. The van der Waals surface area contributed by atoms with E-state index in [0.717, 1.165) is 31.3 Å². The smallest absolute Gasteiger partial charge is 0.186 e. The minimum absolute atomic E-state index is 0.0336. The standard InChI is InChI=1S/C14H14N2O/c15-9-14(10-16,11-4-2-1-3-5-11)12-6-7-13(17)8-12/h4,8H,1-3,5-7H2. The molecule has 0 spiro atoms. The van der Waals surface area contributed by atoms with Gasteiger partial charge >= 0.3 is 0 Å². The van der Waals surface area contributed by atoms with Crippen LogP contribution in [0.1, 0.15) is 38.5 Å². The van der Waals surface area contributed by atoms with Crippen molar-refractivity contribution in [2.45, 2.75) is 38.5 Å². The molecule has 3 nitrogen and oxygen atoms in total. The molecule has 0 amide bonds. The summed E-state index contributed by atoms with van der Waals surface area (Å²) in [6.45, 7) is 0. The van der Waals surface area contributed by atoms with Crippen molar-refractivity contribution in [3.8, 4) is 12.1 Å². The van der Waals surface area contributed by atoms with Crippen LogP contribution in [0.4, 0.5) is 0 Å². The number of nitrogens with zero attached hydrogens (tertiary/aromatic N) is 2. The van der Waals surface area contributed by atoms with Crippen LogP contribution >= 0.6 is 0 Å². The van der Waals surface area contributed by atoms with E-state index in [1.807, 2.05) is 6.08 Å². The van der Waals surface area contributed by atoms with Crippen LogP contribution in [0.2, 0.25) is 0 Å². The van der Waals surface area contributed by atoms with Crippen molar-refractivity contribution in [3.05, 3.63) is 23.3 Å². The monoisotopic (exact) mass is 226 g/mol. The fourth-order valence-electron chi connectivity index (χ4n) is 2.59. The maximum Gasteiger partial charge on any atom is 0.186 e. The molecule has 86 valence electrons. The van der Waals surface area contributed by atoms with E-state index < -0.39 is 5.41 Å². The van der Waals surface area contributed by atoms with Gasteiger partial charge in [-0.1, -0.05) is 6.08 Å². The summed E-state index contributed by atoms with van der Waals surface area (Å²) in [5, 5.41) is 18.8. The Morgan fingerprint density at radius 3 is 2.29 bits per heavy atom. The van der Waals surface area contributed by atoms with E-state index in [2.05, 4.69) is 12.1 Å². The fourth-order valence-corrected chi connectivity index (χ4v) is 2.59. The van der Waals surface area contributed by atoms with Crippen molar-refractivity contribution in [1.82, 2.24) is 0 Å². The van der Waals surface area contributed by atoms with E-state index in [1.54, 1.807) is 0 Å². The van der Waals surface area contributed by atoms with Crippen molar-refractivity contribution < 1.29 is 4.79 Å².